The van der Waals surface area contributed by atoms with Crippen molar-refractivity contribution < 1.29 is 28.5 Å². The summed E-state index contributed by atoms with van der Waals surface area (Å²) in [6, 6.07) is 17.0. The molecular weight excluding hydrogens is 514 g/mol. The third kappa shape index (κ3) is 5.29. The van der Waals surface area contributed by atoms with Gasteiger partial charge in [0.15, 0.2) is 17.3 Å². The molecule has 2 unspecified atom stereocenters. The lowest BCUT2D eigenvalue weighted by atomic mass is 9.72. The molecule has 39 heavy (non-hydrogen) atoms. The van der Waals surface area contributed by atoms with Crippen LogP contribution < -0.4 is 19.5 Å². The van der Waals surface area contributed by atoms with Crippen molar-refractivity contribution in [3.63, 3.8) is 0 Å². The lowest BCUT2D eigenvalue weighted by molar-refractivity contribution is -0.140. The van der Waals surface area contributed by atoms with Crippen molar-refractivity contribution >= 4 is 23.1 Å². The highest BCUT2D eigenvalue weighted by Crippen LogP contribution is 2.47. The molecule has 0 bridgehead atoms. The highest BCUT2D eigenvalue weighted by Gasteiger charge is 2.42. The van der Waals surface area contributed by atoms with Gasteiger partial charge >= 0.3 is 5.97 Å². The number of hydrogen-bond acceptors (Lipinski definition) is 8. The SMILES string of the molecule is COc1ccc(COC(=O)C2=C(C)NC3=C(C(=O)CC(c4cccs4)C3)C2c2ccc(OC)c(OC)c2)cc1. The Hall–Kier alpha value is -4.04. The van der Waals surface area contributed by atoms with Crippen LogP contribution in [0.1, 0.15) is 47.6 Å². The molecule has 2 atom stereocenters. The van der Waals surface area contributed by atoms with Gasteiger partial charge in [0.2, 0.25) is 0 Å². The molecule has 7 nitrogen and oxygen atoms in total. The molecule has 1 aromatic heterocycles. The smallest absolute Gasteiger partial charge is 0.337 e. The first-order chi connectivity index (χ1) is 18.9. The van der Waals surface area contributed by atoms with Crippen LogP contribution in [0.4, 0.5) is 0 Å². The molecule has 8 heteroatoms. The van der Waals surface area contributed by atoms with Crippen molar-refractivity contribution in [2.45, 2.75) is 38.2 Å². The van der Waals surface area contributed by atoms with Gasteiger partial charge in [0, 0.05) is 40.1 Å². The first-order valence-corrected chi connectivity index (χ1v) is 13.6. The quantitative estimate of drug-likeness (QED) is 0.354. The zero-order chi connectivity index (χ0) is 27.5. The van der Waals surface area contributed by atoms with Crippen LogP contribution >= 0.6 is 11.3 Å². The number of methoxy groups -OCH3 is 3. The van der Waals surface area contributed by atoms with Crippen molar-refractivity contribution in [3.05, 3.63) is 98.5 Å². The fourth-order valence-corrected chi connectivity index (χ4v) is 6.18. The van der Waals surface area contributed by atoms with E-state index >= 15 is 0 Å². The number of hydrogen-bond donors (Lipinski definition) is 1. The average Bonchev–Trinajstić information content (AvgIpc) is 3.50. The second-order valence-electron chi connectivity index (χ2n) is 9.57. The van der Waals surface area contributed by atoms with Gasteiger partial charge in [-0.3, -0.25) is 4.79 Å². The Labute approximate surface area is 232 Å². The minimum atomic E-state index is -0.596. The first-order valence-electron chi connectivity index (χ1n) is 12.7. The van der Waals surface area contributed by atoms with Crippen molar-refractivity contribution in [1.82, 2.24) is 5.32 Å². The predicted molar refractivity (Wildman–Crippen MR) is 149 cm³/mol. The van der Waals surface area contributed by atoms with E-state index in [9.17, 15) is 9.59 Å². The Bertz CT molecular complexity index is 1440. The molecule has 1 aliphatic carbocycles. The van der Waals surface area contributed by atoms with E-state index in [2.05, 4.69) is 11.4 Å². The van der Waals surface area contributed by atoms with E-state index in [0.29, 0.717) is 41.2 Å². The number of esters is 1. The Morgan fingerprint density at radius 1 is 0.974 bits per heavy atom. The van der Waals surface area contributed by atoms with Crippen LogP contribution in [-0.4, -0.2) is 33.1 Å². The van der Waals surface area contributed by atoms with Crippen LogP contribution in [0.3, 0.4) is 0 Å². The molecular formula is C31H31NO6S. The van der Waals surface area contributed by atoms with Gasteiger partial charge < -0.3 is 24.3 Å². The largest absolute Gasteiger partial charge is 0.497 e. The number of Topliss-reactive ketones (excluding diaryl/α,β-unsaturated/α-hetero) is 1. The Balaban J connectivity index is 1.52. The third-order valence-corrected chi connectivity index (χ3v) is 8.30. The molecule has 5 rings (SSSR count). The number of carbonyl (C=O) groups excluding carboxylic acids is 2. The minimum Gasteiger partial charge on any atom is -0.497 e. The van der Waals surface area contributed by atoms with E-state index in [1.165, 1.54) is 4.88 Å². The molecule has 0 fully saturated rings. The van der Waals surface area contributed by atoms with Gasteiger partial charge in [0.1, 0.15) is 12.4 Å². The summed E-state index contributed by atoms with van der Waals surface area (Å²) in [6.07, 6.45) is 1.08. The minimum absolute atomic E-state index is 0.0230. The average molecular weight is 546 g/mol. The van der Waals surface area contributed by atoms with Crippen molar-refractivity contribution in [3.8, 4) is 17.2 Å². The van der Waals surface area contributed by atoms with Gasteiger partial charge in [0.05, 0.1) is 26.9 Å². The zero-order valence-electron chi connectivity index (χ0n) is 22.4. The number of carbonyl (C=O) groups is 2. The normalized spacial score (nSPS) is 18.8. The fraction of sp³-hybridized carbons (Fsp3) is 0.290. The summed E-state index contributed by atoms with van der Waals surface area (Å²) in [4.78, 5) is 28.6. The molecule has 1 N–H and O–H groups in total. The molecule has 2 aromatic carbocycles. The first kappa shape index (κ1) is 26.6. The van der Waals surface area contributed by atoms with Gasteiger partial charge in [-0.15, -0.1) is 11.3 Å². The molecule has 0 saturated heterocycles. The van der Waals surface area contributed by atoms with Crippen molar-refractivity contribution in [2.75, 3.05) is 21.3 Å². The Kier molecular flexibility index (Phi) is 7.74. The molecule has 0 amide bonds. The number of rotatable bonds is 8. The number of thiophene rings is 1. The summed E-state index contributed by atoms with van der Waals surface area (Å²) in [7, 11) is 4.74. The van der Waals surface area contributed by atoms with Crippen LogP contribution in [0.15, 0.2) is 82.5 Å². The van der Waals surface area contributed by atoms with Crippen LogP contribution in [0, 0.1) is 0 Å². The summed E-state index contributed by atoms with van der Waals surface area (Å²) in [5.74, 6) is 0.878. The maximum Gasteiger partial charge on any atom is 0.337 e. The van der Waals surface area contributed by atoms with Crippen molar-refractivity contribution in [1.29, 1.82) is 0 Å². The van der Waals surface area contributed by atoms with Crippen LogP contribution in [0.25, 0.3) is 0 Å². The number of ketones is 1. The summed E-state index contributed by atoms with van der Waals surface area (Å²) < 4.78 is 22.0. The van der Waals surface area contributed by atoms with Crippen LogP contribution in [0.5, 0.6) is 17.2 Å². The molecule has 2 heterocycles. The molecule has 0 spiro atoms. The molecule has 0 saturated carbocycles. The molecule has 3 aromatic rings. The van der Waals surface area contributed by atoms with E-state index in [4.69, 9.17) is 18.9 Å². The van der Waals surface area contributed by atoms with Gasteiger partial charge in [0.25, 0.3) is 0 Å². The number of dihydropyridines is 1. The van der Waals surface area contributed by atoms with Crippen molar-refractivity contribution in [2.24, 2.45) is 0 Å². The topological polar surface area (TPSA) is 83.1 Å². The summed E-state index contributed by atoms with van der Waals surface area (Å²) in [5, 5.41) is 5.44. The second-order valence-corrected chi connectivity index (χ2v) is 10.6. The molecule has 0 radical (unpaired) electrons. The maximum absolute atomic E-state index is 13.8. The number of nitrogens with one attached hydrogen (secondary N) is 1. The van der Waals surface area contributed by atoms with Gasteiger partial charge in [-0.2, -0.15) is 0 Å². The molecule has 1 aliphatic heterocycles. The predicted octanol–water partition coefficient (Wildman–Crippen LogP) is 5.88. The highest BCUT2D eigenvalue weighted by molar-refractivity contribution is 7.10. The standard InChI is InChI=1S/C31H31NO6S/c1-18-28(31(34)38-17-19-7-10-22(35-2)11-8-19)29(20-9-12-25(36-3)26(16-20)37-4)30-23(32-18)14-21(15-24(30)33)27-6-5-13-39-27/h5-13,16,21,29,32H,14-15,17H2,1-4H3. The van der Waals surface area contributed by atoms with E-state index < -0.39 is 11.9 Å². The molecule has 202 valence electrons. The monoisotopic (exact) mass is 545 g/mol. The van der Waals surface area contributed by atoms with E-state index in [0.717, 1.165) is 22.6 Å². The Morgan fingerprint density at radius 2 is 1.74 bits per heavy atom. The second kappa shape index (κ2) is 11.4. The summed E-state index contributed by atoms with van der Waals surface area (Å²) in [6.45, 7) is 1.96. The lowest BCUT2D eigenvalue weighted by Gasteiger charge is -2.36. The number of allylic oxidation sites excluding steroid dienone is 3. The Morgan fingerprint density at radius 3 is 2.41 bits per heavy atom. The van der Waals surface area contributed by atoms with Gasteiger partial charge in [-0.05, 0) is 60.2 Å². The number of benzene rings is 2. The number of ether oxygens (including phenoxy) is 4. The van der Waals surface area contributed by atoms with Crippen LogP contribution in [0.2, 0.25) is 0 Å². The van der Waals surface area contributed by atoms with Gasteiger partial charge in [-0.1, -0.05) is 24.3 Å². The zero-order valence-corrected chi connectivity index (χ0v) is 23.2. The maximum atomic E-state index is 13.8. The van der Waals surface area contributed by atoms with Crippen LogP contribution in [-0.2, 0) is 20.9 Å². The summed E-state index contributed by atoms with van der Waals surface area (Å²) in [5.41, 5.74) is 4.15. The third-order valence-electron chi connectivity index (χ3n) is 7.26. The van der Waals surface area contributed by atoms with E-state index in [1.807, 2.05) is 54.8 Å². The van der Waals surface area contributed by atoms with E-state index in [1.54, 1.807) is 38.7 Å². The fourth-order valence-electron chi connectivity index (χ4n) is 5.35. The summed E-state index contributed by atoms with van der Waals surface area (Å²) >= 11 is 1.66. The van der Waals surface area contributed by atoms with Gasteiger partial charge in [-0.25, -0.2) is 4.79 Å². The highest BCUT2D eigenvalue weighted by atomic mass is 32.1. The lowest BCUT2D eigenvalue weighted by Crippen LogP contribution is -2.36. The molecule has 2 aliphatic rings. The van der Waals surface area contributed by atoms with E-state index in [-0.39, 0.29) is 18.3 Å².